The van der Waals surface area contributed by atoms with Crippen LogP contribution in [0.25, 0.3) is 16.7 Å². The first-order valence-corrected chi connectivity index (χ1v) is 11.3. The molecule has 4 aromatic rings. The van der Waals surface area contributed by atoms with Crippen molar-refractivity contribution in [2.45, 2.75) is 38.8 Å². The third-order valence-electron chi connectivity index (χ3n) is 6.56. The van der Waals surface area contributed by atoms with Crippen LogP contribution in [0.5, 0.6) is 0 Å². The molecule has 4 heterocycles. The molecule has 1 aromatic carbocycles. The van der Waals surface area contributed by atoms with Gasteiger partial charge < -0.3 is 4.90 Å². The van der Waals surface area contributed by atoms with E-state index in [1.165, 1.54) is 5.56 Å². The van der Waals surface area contributed by atoms with Crippen molar-refractivity contribution in [2.24, 2.45) is 0 Å². The van der Waals surface area contributed by atoms with Crippen molar-refractivity contribution in [2.75, 3.05) is 24.5 Å². The van der Waals surface area contributed by atoms with Crippen LogP contribution >= 0.6 is 0 Å². The van der Waals surface area contributed by atoms with Crippen molar-refractivity contribution < 1.29 is 0 Å². The van der Waals surface area contributed by atoms with Crippen LogP contribution < -0.4 is 10.5 Å². The van der Waals surface area contributed by atoms with Gasteiger partial charge in [0.05, 0.1) is 41.1 Å². The number of nitrogens with one attached hydrogen (secondary N) is 1. The summed E-state index contributed by atoms with van der Waals surface area (Å²) in [6.45, 7) is 6.93. The lowest BCUT2D eigenvalue weighted by molar-refractivity contribution is 0.169. The van der Waals surface area contributed by atoms with Gasteiger partial charge in [0, 0.05) is 50.2 Å². The Morgan fingerprint density at radius 1 is 1.21 bits per heavy atom. The summed E-state index contributed by atoms with van der Waals surface area (Å²) in [7, 11) is 0. The maximum absolute atomic E-state index is 12.4. The van der Waals surface area contributed by atoms with Crippen LogP contribution in [0, 0.1) is 11.3 Å². The molecule has 0 bridgehead atoms. The molecule has 0 amide bonds. The van der Waals surface area contributed by atoms with E-state index in [-0.39, 0.29) is 24.1 Å². The van der Waals surface area contributed by atoms with Gasteiger partial charge in [-0.25, -0.2) is 9.50 Å². The van der Waals surface area contributed by atoms with Gasteiger partial charge in [-0.2, -0.15) is 5.26 Å². The van der Waals surface area contributed by atoms with E-state index in [0.717, 1.165) is 42.8 Å². The number of rotatable bonds is 5. The number of hydrogen-bond acceptors (Lipinski definition) is 7. The Morgan fingerprint density at radius 3 is 2.82 bits per heavy atom. The van der Waals surface area contributed by atoms with Crippen molar-refractivity contribution in [3.8, 4) is 6.07 Å². The fourth-order valence-corrected chi connectivity index (χ4v) is 4.76. The molecule has 9 heteroatoms. The van der Waals surface area contributed by atoms with E-state index < -0.39 is 0 Å². The van der Waals surface area contributed by atoms with E-state index in [0.29, 0.717) is 11.3 Å². The molecule has 2 unspecified atom stereocenters. The first kappa shape index (κ1) is 21.1. The fraction of sp³-hybridized carbons (Fsp3) is 0.375. The van der Waals surface area contributed by atoms with Gasteiger partial charge in [0.1, 0.15) is 0 Å². The SMILES string of the molecule is CCC1CN(C(C)c2ccc3nccnc3c2)CCN1c1cc(=O)[nH]n2cc(CC#N)nc12. The minimum absolute atomic E-state index is 0.179. The molecule has 1 aliphatic heterocycles. The smallest absolute Gasteiger partial charge is 0.265 e. The Morgan fingerprint density at radius 2 is 2.03 bits per heavy atom. The summed E-state index contributed by atoms with van der Waals surface area (Å²) in [5.41, 5.74) is 5.02. The Kier molecular flexibility index (Phi) is 5.52. The summed E-state index contributed by atoms with van der Waals surface area (Å²) in [4.78, 5) is 30.6. The Labute approximate surface area is 191 Å². The Hall–Kier alpha value is -3.77. The molecule has 1 saturated heterocycles. The molecular formula is C24H26N8O. The number of aromatic nitrogens is 5. The van der Waals surface area contributed by atoms with E-state index in [1.807, 2.05) is 6.07 Å². The number of benzene rings is 1. The van der Waals surface area contributed by atoms with Crippen LogP contribution in [0.3, 0.4) is 0 Å². The predicted molar refractivity (Wildman–Crippen MR) is 126 cm³/mol. The lowest BCUT2D eigenvalue weighted by Crippen LogP contribution is -2.53. The van der Waals surface area contributed by atoms with Gasteiger partial charge >= 0.3 is 0 Å². The van der Waals surface area contributed by atoms with E-state index in [1.54, 1.807) is 29.2 Å². The van der Waals surface area contributed by atoms with E-state index in [9.17, 15) is 4.79 Å². The lowest BCUT2D eigenvalue weighted by atomic mass is 10.0. The molecule has 0 spiro atoms. The van der Waals surface area contributed by atoms with Gasteiger partial charge in [-0.15, -0.1) is 0 Å². The third-order valence-corrected chi connectivity index (χ3v) is 6.56. The quantitative estimate of drug-likeness (QED) is 0.506. The molecule has 0 radical (unpaired) electrons. The maximum atomic E-state index is 12.4. The van der Waals surface area contributed by atoms with Gasteiger partial charge in [-0.05, 0) is 31.0 Å². The number of anilines is 1. The fourth-order valence-electron chi connectivity index (χ4n) is 4.76. The topological polar surface area (TPSA) is 106 Å². The molecule has 9 nitrogen and oxygen atoms in total. The number of nitrogens with zero attached hydrogens (tertiary/aromatic N) is 7. The van der Waals surface area contributed by atoms with Crippen LogP contribution in [-0.4, -0.2) is 55.1 Å². The van der Waals surface area contributed by atoms with Crippen molar-refractivity contribution in [3.63, 3.8) is 0 Å². The van der Waals surface area contributed by atoms with E-state index >= 15 is 0 Å². The van der Waals surface area contributed by atoms with Crippen molar-refractivity contribution in [3.05, 3.63) is 64.5 Å². The highest BCUT2D eigenvalue weighted by molar-refractivity contribution is 5.74. The van der Waals surface area contributed by atoms with Crippen LogP contribution in [0.2, 0.25) is 0 Å². The molecule has 1 aliphatic rings. The van der Waals surface area contributed by atoms with E-state index in [2.05, 4.69) is 61.9 Å². The van der Waals surface area contributed by atoms with Crippen molar-refractivity contribution >= 4 is 22.4 Å². The molecule has 3 aromatic heterocycles. The normalized spacial score (nSPS) is 18.0. The van der Waals surface area contributed by atoms with Gasteiger partial charge in [-0.1, -0.05) is 13.0 Å². The van der Waals surface area contributed by atoms with Gasteiger partial charge in [0.15, 0.2) is 5.65 Å². The van der Waals surface area contributed by atoms with Crippen LogP contribution in [-0.2, 0) is 6.42 Å². The van der Waals surface area contributed by atoms with Gasteiger partial charge in [0.2, 0.25) is 0 Å². The number of nitriles is 1. The van der Waals surface area contributed by atoms with Gasteiger partial charge in [0.25, 0.3) is 5.56 Å². The molecule has 1 N–H and O–H groups in total. The van der Waals surface area contributed by atoms with Crippen molar-refractivity contribution in [1.29, 1.82) is 5.26 Å². The third kappa shape index (κ3) is 3.94. The number of piperazine rings is 1. The zero-order valence-electron chi connectivity index (χ0n) is 18.8. The summed E-state index contributed by atoms with van der Waals surface area (Å²) in [5.74, 6) is 0. The molecule has 2 atom stereocenters. The number of fused-ring (bicyclic) bond motifs is 2. The molecule has 0 saturated carbocycles. The first-order valence-electron chi connectivity index (χ1n) is 11.3. The standard InChI is InChI=1S/C24H26N8O/c1-3-19-15-30(16(2)17-4-5-20-21(12-17)27-9-8-26-20)10-11-31(19)22-13-23(33)29-32-14-18(6-7-25)28-24(22)32/h4-5,8-9,12-14,16,19H,3,6,10-11,15H2,1-2H3,(H,29,33). The summed E-state index contributed by atoms with van der Waals surface area (Å²) in [6, 6.07) is 10.5. The second-order valence-corrected chi connectivity index (χ2v) is 8.50. The minimum Gasteiger partial charge on any atom is -0.363 e. The monoisotopic (exact) mass is 442 g/mol. The molecule has 5 rings (SSSR count). The lowest BCUT2D eigenvalue weighted by Gasteiger charge is -2.44. The second kappa shape index (κ2) is 8.64. The summed E-state index contributed by atoms with van der Waals surface area (Å²) >= 11 is 0. The highest BCUT2D eigenvalue weighted by Gasteiger charge is 2.31. The number of H-pyrrole nitrogens is 1. The predicted octanol–water partition coefficient (Wildman–Crippen LogP) is 2.69. The average Bonchev–Trinajstić information content (AvgIpc) is 3.24. The number of hydrogen-bond donors (Lipinski definition) is 1. The van der Waals surface area contributed by atoms with Crippen LogP contribution in [0.1, 0.15) is 37.6 Å². The Balaban J connectivity index is 1.42. The second-order valence-electron chi connectivity index (χ2n) is 8.50. The largest absolute Gasteiger partial charge is 0.363 e. The zero-order chi connectivity index (χ0) is 22.9. The highest BCUT2D eigenvalue weighted by Crippen LogP contribution is 2.30. The average molecular weight is 443 g/mol. The molecular weight excluding hydrogens is 416 g/mol. The summed E-state index contributed by atoms with van der Waals surface area (Å²) < 4.78 is 1.64. The summed E-state index contributed by atoms with van der Waals surface area (Å²) in [6.07, 6.45) is 6.32. The molecule has 168 valence electrons. The maximum Gasteiger partial charge on any atom is 0.265 e. The zero-order valence-corrected chi connectivity index (χ0v) is 18.8. The van der Waals surface area contributed by atoms with Crippen molar-refractivity contribution in [1.82, 2.24) is 29.5 Å². The number of imidazole rings is 1. The highest BCUT2D eigenvalue weighted by atomic mass is 16.1. The minimum atomic E-state index is -0.179. The van der Waals surface area contributed by atoms with Crippen LogP contribution in [0.4, 0.5) is 5.69 Å². The Bertz CT molecular complexity index is 1400. The van der Waals surface area contributed by atoms with E-state index in [4.69, 9.17) is 5.26 Å². The van der Waals surface area contributed by atoms with Gasteiger partial charge in [-0.3, -0.25) is 24.8 Å². The molecule has 0 aliphatic carbocycles. The summed E-state index contributed by atoms with van der Waals surface area (Å²) in [5, 5.41) is 11.8. The first-order chi connectivity index (χ1) is 16.1. The molecule has 1 fully saturated rings. The molecule has 33 heavy (non-hydrogen) atoms. The number of aromatic amines is 1. The van der Waals surface area contributed by atoms with Crippen LogP contribution in [0.15, 0.2) is 47.7 Å².